The van der Waals surface area contributed by atoms with E-state index in [1.54, 1.807) is 11.8 Å². The molecule has 1 amide bonds. The molecule has 0 aliphatic carbocycles. The number of rotatable bonds is 3. The second-order valence-corrected chi connectivity index (χ2v) is 5.20. The lowest BCUT2D eigenvalue weighted by atomic mass is 9.93. The van der Waals surface area contributed by atoms with E-state index in [0.717, 1.165) is 6.42 Å². The number of hydrogen-bond donors (Lipinski definition) is 0. The van der Waals surface area contributed by atoms with Gasteiger partial charge >= 0.3 is 0 Å². The van der Waals surface area contributed by atoms with Crippen molar-refractivity contribution in [3.8, 4) is 0 Å². The summed E-state index contributed by atoms with van der Waals surface area (Å²) < 4.78 is 24.2. The predicted octanol–water partition coefficient (Wildman–Crippen LogP) is 2.54. The van der Waals surface area contributed by atoms with Crippen LogP contribution in [0.15, 0.2) is 0 Å². The lowest BCUT2D eigenvalue weighted by molar-refractivity contribution is -0.135. The molecular weight excluding hydrogens is 200 g/mol. The Balaban J connectivity index is 2.48. The Bertz CT molecular complexity index is 241. The molecule has 0 radical (unpaired) electrons. The first kappa shape index (κ1) is 12.4. The van der Waals surface area contributed by atoms with E-state index in [0.29, 0.717) is 13.1 Å². The summed E-state index contributed by atoms with van der Waals surface area (Å²) in [4.78, 5) is 13.5. The smallest absolute Gasteiger partial charge is 0.239 e. The zero-order valence-corrected chi connectivity index (χ0v) is 9.59. The fraction of sp³-hybridized carbons (Fsp3) is 0.909. The lowest BCUT2D eigenvalue weighted by Crippen LogP contribution is -2.35. The number of alkyl halides is 2. The van der Waals surface area contributed by atoms with Crippen molar-refractivity contribution >= 4 is 5.91 Å². The minimum atomic E-state index is -2.39. The van der Waals surface area contributed by atoms with E-state index >= 15 is 0 Å². The van der Waals surface area contributed by atoms with Gasteiger partial charge in [-0.25, -0.2) is 8.78 Å². The second kappa shape index (κ2) is 4.45. The largest absolute Gasteiger partial charge is 0.342 e. The van der Waals surface area contributed by atoms with Crippen molar-refractivity contribution in [1.29, 1.82) is 0 Å². The average molecular weight is 219 g/mol. The molecule has 1 heterocycles. The monoisotopic (exact) mass is 219 g/mol. The third-order valence-electron chi connectivity index (χ3n) is 2.94. The van der Waals surface area contributed by atoms with Gasteiger partial charge in [-0.05, 0) is 11.8 Å². The zero-order chi connectivity index (χ0) is 11.6. The molecular formula is C11H19F2NO. The van der Waals surface area contributed by atoms with Crippen LogP contribution >= 0.6 is 0 Å². The number of carbonyl (C=O) groups is 1. The highest BCUT2D eigenvalue weighted by Crippen LogP contribution is 2.30. The quantitative estimate of drug-likeness (QED) is 0.714. The first-order chi connectivity index (χ1) is 6.82. The molecule has 1 aliphatic rings. The van der Waals surface area contributed by atoms with Gasteiger partial charge in [-0.15, -0.1) is 0 Å². The summed E-state index contributed by atoms with van der Waals surface area (Å²) in [7, 11) is 0. The van der Waals surface area contributed by atoms with Gasteiger partial charge in [0.2, 0.25) is 12.3 Å². The molecule has 1 fully saturated rings. The van der Waals surface area contributed by atoms with Gasteiger partial charge in [0.25, 0.3) is 0 Å². The molecule has 0 aromatic rings. The van der Waals surface area contributed by atoms with Gasteiger partial charge in [-0.1, -0.05) is 20.8 Å². The predicted molar refractivity (Wildman–Crippen MR) is 54.8 cm³/mol. The summed E-state index contributed by atoms with van der Waals surface area (Å²) >= 11 is 0. The summed E-state index contributed by atoms with van der Waals surface area (Å²) in [5, 5.41) is 0. The van der Waals surface area contributed by atoms with Gasteiger partial charge < -0.3 is 4.90 Å². The molecule has 88 valence electrons. The third-order valence-corrected chi connectivity index (χ3v) is 2.94. The SMILES string of the molecule is C[C@@H](CC(F)F)C(=O)N1CCC(C)(C)C1. The van der Waals surface area contributed by atoms with Crippen molar-refractivity contribution in [2.45, 2.75) is 40.0 Å². The van der Waals surface area contributed by atoms with E-state index in [1.807, 2.05) is 0 Å². The fourth-order valence-corrected chi connectivity index (χ4v) is 1.98. The molecule has 0 aromatic heterocycles. The average Bonchev–Trinajstić information content (AvgIpc) is 2.43. The number of nitrogens with zero attached hydrogens (tertiary/aromatic N) is 1. The maximum Gasteiger partial charge on any atom is 0.239 e. The summed E-state index contributed by atoms with van der Waals surface area (Å²) in [5.41, 5.74) is 0.139. The fourth-order valence-electron chi connectivity index (χ4n) is 1.98. The summed E-state index contributed by atoms with van der Waals surface area (Å²) in [6.45, 7) is 7.18. The Labute approximate surface area is 89.6 Å². The van der Waals surface area contributed by atoms with Gasteiger partial charge in [0, 0.05) is 25.4 Å². The second-order valence-electron chi connectivity index (χ2n) is 5.20. The minimum Gasteiger partial charge on any atom is -0.342 e. The Morgan fingerprint density at radius 2 is 2.07 bits per heavy atom. The van der Waals surface area contributed by atoms with Crippen LogP contribution in [0.4, 0.5) is 8.78 Å². The number of carbonyl (C=O) groups excluding carboxylic acids is 1. The molecule has 1 saturated heterocycles. The van der Waals surface area contributed by atoms with Crippen LogP contribution in [0.5, 0.6) is 0 Å². The highest BCUT2D eigenvalue weighted by atomic mass is 19.3. The van der Waals surface area contributed by atoms with Crippen molar-refractivity contribution < 1.29 is 13.6 Å². The molecule has 15 heavy (non-hydrogen) atoms. The van der Waals surface area contributed by atoms with E-state index in [-0.39, 0.29) is 17.7 Å². The first-order valence-electron chi connectivity index (χ1n) is 5.39. The Kier molecular flexibility index (Phi) is 3.68. The summed E-state index contributed by atoms with van der Waals surface area (Å²) in [5.74, 6) is -0.681. The van der Waals surface area contributed by atoms with Crippen LogP contribution in [0, 0.1) is 11.3 Å². The molecule has 2 nitrogen and oxygen atoms in total. The van der Waals surface area contributed by atoms with E-state index in [1.165, 1.54) is 0 Å². The van der Waals surface area contributed by atoms with Gasteiger partial charge in [0.1, 0.15) is 0 Å². The molecule has 0 saturated carbocycles. The van der Waals surface area contributed by atoms with Crippen molar-refractivity contribution in [1.82, 2.24) is 4.90 Å². The van der Waals surface area contributed by atoms with Gasteiger partial charge in [-0.3, -0.25) is 4.79 Å². The minimum absolute atomic E-state index is 0.124. The molecule has 0 unspecified atom stereocenters. The Morgan fingerprint density at radius 1 is 1.47 bits per heavy atom. The molecule has 0 bridgehead atoms. The number of halogens is 2. The Morgan fingerprint density at radius 3 is 2.47 bits per heavy atom. The summed E-state index contributed by atoms with van der Waals surface area (Å²) in [6, 6.07) is 0. The van der Waals surface area contributed by atoms with Gasteiger partial charge in [-0.2, -0.15) is 0 Å². The lowest BCUT2D eigenvalue weighted by Gasteiger charge is -2.22. The summed E-state index contributed by atoms with van der Waals surface area (Å²) in [6.07, 6.45) is -1.75. The van der Waals surface area contributed by atoms with E-state index in [4.69, 9.17) is 0 Å². The van der Waals surface area contributed by atoms with Crippen LogP contribution in [-0.4, -0.2) is 30.3 Å². The van der Waals surface area contributed by atoms with Gasteiger partial charge in [0.05, 0.1) is 0 Å². The van der Waals surface area contributed by atoms with Crippen molar-refractivity contribution in [3.63, 3.8) is 0 Å². The molecule has 0 spiro atoms. The molecule has 1 aliphatic heterocycles. The molecule has 1 rings (SSSR count). The van der Waals surface area contributed by atoms with Crippen molar-refractivity contribution in [2.75, 3.05) is 13.1 Å². The molecule has 1 atom stereocenters. The zero-order valence-electron chi connectivity index (χ0n) is 9.59. The van der Waals surface area contributed by atoms with Crippen LogP contribution in [-0.2, 0) is 4.79 Å². The van der Waals surface area contributed by atoms with Crippen LogP contribution in [0.3, 0.4) is 0 Å². The number of likely N-dealkylation sites (tertiary alicyclic amines) is 1. The topological polar surface area (TPSA) is 20.3 Å². The van der Waals surface area contributed by atoms with E-state index in [9.17, 15) is 13.6 Å². The highest BCUT2D eigenvalue weighted by molar-refractivity contribution is 5.78. The number of amides is 1. The highest BCUT2D eigenvalue weighted by Gasteiger charge is 2.34. The molecule has 0 aromatic carbocycles. The van der Waals surface area contributed by atoms with Crippen LogP contribution in [0.25, 0.3) is 0 Å². The van der Waals surface area contributed by atoms with Crippen molar-refractivity contribution in [2.24, 2.45) is 11.3 Å². The van der Waals surface area contributed by atoms with Crippen molar-refractivity contribution in [3.05, 3.63) is 0 Å². The maximum absolute atomic E-state index is 12.1. The van der Waals surface area contributed by atoms with Crippen LogP contribution < -0.4 is 0 Å². The Hall–Kier alpha value is -0.670. The van der Waals surface area contributed by atoms with Crippen LogP contribution in [0.2, 0.25) is 0 Å². The first-order valence-corrected chi connectivity index (χ1v) is 5.39. The van der Waals surface area contributed by atoms with Gasteiger partial charge in [0.15, 0.2) is 0 Å². The van der Waals surface area contributed by atoms with E-state index < -0.39 is 12.3 Å². The molecule has 0 N–H and O–H groups in total. The normalized spacial score (nSPS) is 22.1. The third kappa shape index (κ3) is 3.43. The molecule has 4 heteroatoms. The number of hydrogen-bond acceptors (Lipinski definition) is 1. The van der Waals surface area contributed by atoms with E-state index in [2.05, 4.69) is 13.8 Å². The van der Waals surface area contributed by atoms with Crippen LogP contribution in [0.1, 0.15) is 33.6 Å². The maximum atomic E-state index is 12.1. The standard InChI is InChI=1S/C11H19F2NO/c1-8(6-9(12)13)10(15)14-5-4-11(2,3)7-14/h8-9H,4-7H2,1-3H3/t8-/m0/s1.